The molecule has 0 radical (unpaired) electrons. The number of hydrogen-bond acceptors (Lipinski definition) is 5. The lowest BCUT2D eigenvalue weighted by molar-refractivity contribution is -0.131. The third-order valence-electron chi connectivity index (χ3n) is 4.95. The van der Waals surface area contributed by atoms with Gasteiger partial charge in [-0.2, -0.15) is 4.31 Å². The summed E-state index contributed by atoms with van der Waals surface area (Å²) in [5.41, 5.74) is 2.03. The lowest BCUT2D eigenvalue weighted by Gasteiger charge is -2.34. The highest BCUT2D eigenvalue weighted by Gasteiger charge is 2.29. The summed E-state index contributed by atoms with van der Waals surface area (Å²) in [6.07, 6.45) is 0.147. The van der Waals surface area contributed by atoms with Crippen molar-refractivity contribution in [3.05, 3.63) is 65.9 Å². The Bertz CT molecular complexity index is 1070. The quantitative estimate of drug-likeness (QED) is 0.656. The van der Waals surface area contributed by atoms with Gasteiger partial charge >= 0.3 is 0 Å². The number of fused-ring (bicyclic) bond motifs is 1. The monoisotopic (exact) mass is 399 g/mol. The van der Waals surface area contributed by atoms with Crippen molar-refractivity contribution in [1.29, 1.82) is 0 Å². The summed E-state index contributed by atoms with van der Waals surface area (Å²) in [5, 5.41) is 4.84. The normalized spacial score (nSPS) is 15.8. The summed E-state index contributed by atoms with van der Waals surface area (Å²) in [4.78, 5) is 14.3. The van der Waals surface area contributed by atoms with Gasteiger partial charge in [-0.1, -0.05) is 47.6 Å². The van der Waals surface area contributed by atoms with Gasteiger partial charge in [0.1, 0.15) is 5.69 Å². The number of nitrogens with zero attached hydrogens (tertiary/aromatic N) is 3. The predicted molar refractivity (Wildman–Crippen MR) is 105 cm³/mol. The summed E-state index contributed by atoms with van der Waals surface area (Å²) in [7, 11) is -3.40. The second-order valence-corrected chi connectivity index (χ2v) is 8.79. The standard InChI is InChI=1S/C20H21N3O4S/c24-20(14-18-17-8-4-5-9-19(17)27-21-18)22-10-12-23(13-11-22)28(25,26)15-16-6-2-1-3-7-16/h1-9H,10-15H2. The molecule has 4 rings (SSSR count). The van der Waals surface area contributed by atoms with Crippen molar-refractivity contribution < 1.29 is 17.7 Å². The first kappa shape index (κ1) is 18.6. The molecule has 1 fully saturated rings. The molecule has 0 unspecified atom stereocenters. The fraction of sp³-hybridized carbons (Fsp3) is 0.300. The van der Waals surface area contributed by atoms with Crippen LogP contribution in [0.1, 0.15) is 11.3 Å². The molecule has 0 N–H and O–H groups in total. The Morgan fingerprint density at radius 3 is 2.39 bits per heavy atom. The van der Waals surface area contributed by atoms with Crippen molar-refractivity contribution in [3.8, 4) is 0 Å². The second-order valence-electron chi connectivity index (χ2n) is 6.82. The Hall–Kier alpha value is -2.71. The summed E-state index contributed by atoms with van der Waals surface area (Å²) >= 11 is 0. The van der Waals surface area contributed by atoms with Crippen LogP contribution in [-0.4, -0.2) is 54.9 Å². The van der Waals surface area contributed by atoms with Crippen LogP contribution in [0.15, 0.2) is 59.1 Å². The molecule has 7 nitrogen and oxygen atoms in total. The molecule has 2 heterocycles. The van der Waals surface area contributed by atoms with Crippen LogP contribution < -0.4 is 0 Å². The van der Waals surface area contributed by atoms with Gasteiger partial charge in [-0.25, -0.2) is 8.42 Å². The van der Waals surface area contributed by atoms with E-state index in [0.717, 1.165) is 10.9 Å². The van der Waals surface area contributed by atoms with Gasteiger partial charge in [-0.3, -0.25) is 4.79 Å². The molecule has 1 aliphatic heterocycles. The number of amides is 1. The van der Waals surface area contributed by atoms with Gasteiger partial charge in [-0.05, 0) is 17.7 Å². The van der Waals surface area contributed by atoms with E-state index in [1.165, 1.54) is 4.31 Å². The van der Waals surface area contributed by atoms with E-state index in [0.29, 0.717) is 37.5 Å². The zero-order valence-electron chi connectivity index (χ0n) is 15.3. The molecule has 1 aromatic heterocycles. The molecule has 1 aliphatic rings. The smallest absolute Gasteiger partial charge is 0.228 e. The largest absolute Gasteiger partial charge is 0.356 e. The molecule has 146 valence electrons. The first-order valence-corrected chi connectivity index (χ1v) is 10.8. The Balaban J connectivity index is 1.36. The number of carbonyl (C=O) groups excluding carboxylic acids is 1. The van der Waals surface area contributed by atoms with E-state index in [4.69, 9.17) is 4.52 Å². The van der Waals surface area contributed by atoms with E-state index < -0.39 is 10.0 Å². The number of sulfonamides is 1. The second kappa shape index (κ2) is 7.73. The maximum Gasteiger partial charge on any atom is 0.228 e. The van der Waals surface area contributed by atoms with Crippen molar-refractivity contribution in [2.24, 2.45) is 0 Å². The summed E-state index contributed by atoms with van der Waals surface area (Å²) < 4.78 is 32.0. The van der Waals surface area contributed by atoms with Gasteiger partial charge in [0.25, 0.3) is 0 Å². The minimum absolute atomic E-state index is 0.0211. The van der Waals surface area contributed by atoms with Crippen molar-refractivity contribution in [1.82, 2.24) is 14.4 Å². The minimum Gasteiger partial charge on any atom is -0.356 e. The fourth-order valence-corrected chi connectivity index (χ4v) is 4.93. The highest BCUT2D eigenvalue weighted by Crippen LogP contribution is 2.19. The van der Waals surface area contributed by atoms with Crippen LogP contribution >= 0.6 is 0 Å². The molecular weight excluding hydrogens is 378 g/mol. The lowest BCUT2D eigenvalue weighted by Crippen LogP contribution is -2.51. The topological polar surface area (TPSA) is 83.7 Å². The highest BCUT2D eigenvalue weighted by molar-refractivity contribution is 7.88. The SMILES string of the molecule is O=C(Cc1noc2ccccc12)N1CCN(S(=O)(=O)Cc2ccccc2)CC1. The molecule has 1 saturated heterocycles. The van der Waals surface area contributed by atoms with Gasteiger partial charge < -0.3 is 9.42 Å². The van der Waals surface area contributed by atoms with Crippen LogP contribution in [0.5, 0.6) is 0 Å². The zero-order chi connectivity index (χ0) is 19.6. The molecule has 3 aromatic rings. The van der Waals surface area contributed by atoms with Crippen molar-refractivity contribution in [3.63, 3.8) is 0 Å². The number of carbonyl (C=O) groups is 1. The van der Waals surface area contributed by atoms with Gasteiger partial charge in [-0.15, -0.1) is 0 Å². The fourth-order valence-electron chi connectivity index (χ4n) is 3.41. The van der Waals surface area contributed by atoms with Gasteiger partial charge in [0, 0.05) is 31.6 Å². The van der Waals surface area contributed by atoms with Crippen molar-refractivity contribution >= 4 is 26.9 Å². The first-order chi connectivity index (χ1) is 13.5. The van der Waals surface area contributed by atoms with E-state index in [9.17, 15) is 13.2 Å². The lowest BCUT2D eigenvalue weighted by atomic mass is 10.1. The number of rotatable bonds is 5. The Kier molecular flexibility index (Phi) is 5.15. The van der Waals surface area contributed by atoms with Gasteiger partial charge in [0.2, 0.25) is 15.9 Å². The van der Waals surface area contributed by atoms with Crippen LogP contribution in [0.4, 0.5) is 0 Å². The molecule has 8 heteroatoms. The van der Waals surface area contributed by atoms with Crippen LogP contribution in [0.2, 0.25) is 0 Å². The third kappa shape index (κ3) is 3.93. The van der Waals surface area contributed by atoms with E-state index >= 15 is 0 Å². The predicted octanol–water partition coefficient (Wildman–Crippen LogP) is 2.04. The summed E-state index contributed by atoms with van der Waals surface area (Å²) in [6.45, 7) is 1.37. The van der Waals surface area contributed by atoms with Crippen LogP contribution in [0.3, 0.4) is 0 Å². The van der Waals surface area contributed by atoms with Crippen molar-refractivity contribution in [2.75, 3.05) is 26.2 Å². The molecule has 0 aliphatic carbocycles. The molecule has 0 spiro atoms. The van der Waals surface area contributed by atoms with Crippen LogP contribution in [-0.2, 0) is 27.0 Å². The minimum atomic E-state index is -3.40. The Labute approximate surface area is 163 Å². The summed E-state index contributed by atoms with van der Waals surface area (Å²) in [5.74, 6) is -0.0913. The van der Waals surface area contributed by atoms with Gasteiger partial charge in [0.15, 0.2) is 5.58 Å². The molecule has 0 atom stereocenters. The van der Waals surface area contributed by atoms with Crippen LogP contribution in [0, 0.1) is 0 Å². The molecular formula is C20H21N3O4S. The number of piperazine rings is 1. The average molecular weight is 399 g/mol. The maximum absolute atomic E-state index is 12.6. The highest BCUT2D eigenvalue weighted by atomic mass is 32.2. The third-order valence-corrected chi connectivity index (χ3v) is 6.80. The Morgan fingerprint density at radius 2 is 1.64 bits per heavy atom. The summed E-state index contributed by atoms with van der Waals surface area (Å²) in [6, 6.07) is 16.6. The molecule has 0 saturated carbocycles. The maximum atomic E-state index is 12.6. The zero-order valence-corrected chi connectivity index (χ0v) is 16.1. The molecule has 2 aromatic carbocycles. The first-order valence-electron chi connectivity index (χ1n) is 9.16. The molecule has 0 bridgehead atoms. The number of aromatic nitrogens is 1. The van der Waals surface area contributed by atoms with E-state index in [-0.39, 0.29) is 18.1 Å². The van der Waals surface area contributed by atoms with Crippen LogP contribution in [0.25, 0.3) is 11.0 Å². The number of benzene rings is 2. The molecule has 1 amide bonds. The molecule has 28 heavy (non-hydrogen) atoms. The Morgan fingerprint density at radius 1 is 0.964 bits per heavy atom. The average Bonchev–Trinajstić information content (AvgIpc) is 3.11. The van der Waals surface area contributed by atoms with Gasteiger partial charge in [0.05, 0.1) is 12.2 Å². The van der Waals surface area contributed by atoms with Crippen molar-refractivity contribution in [2.45, 2.75) is 12.2 Å². The van der Waals surface area contributed by atoms with E-state index in [1.807, 2.05) is 42.5 Å². The number of hydrogen-bond donors (Lipinski definition) is 0. The number of para-hydroxylation sites is 1. The van der Waals surface area contributed by atoms with E-state index in [2.05, 4.69) is 5.16 Å². The van der Waals surface area contributed by atoms with E-state index in [1.54, 1.807) is 17.0 Å².